The molecule has 7 nitrogen and oxygen atoms in total. The first kappa shape index (κ1) is 22.8. The zero-order valence-electron chi connectivity index (χ0n) is 19.0. The molecule has 3 fully saturated rings. The largest absolute Gasteiger partial charge is 0.290 e. The van der Waals surface area contributed by atoms with Crippen LogP contribution in [0, 0.1) is 17.8 Å². The van der Waals surface area contributed by atoms with Crippen LogP contribution in [0.1, 0.15) is 62.5 Å². The highest BCUT2D eigenvalue weighted by Gasteiger charge is 2.55. The normalized spacial score (nSPS) is 26.0. The number of nitrogens with one attached hydrogen (secondary N) is 2. The van der Waals surface area contributed by atoms with Crippen LogP contribution >= 0.6 is 23.5 Å². The van der Waals surface area contributed by atoms with Crippen molar-refractivity contribution in [2.45, 2.75) is 56.1 Å². The zero-order valence-corrected chi connectivity index (χ0v) is 20.6. The van der Waals surface area contributed by atoms with E-state index in [2.05, 4.69) is 39.5 Å². The molecule has 5 rings (SSSR count). The van der Waals surface area contributed by atoms with Crippen molar-refractivity contribution in [2.24, 2.45) is 17.8 Å². The van der Waals surface area contributed by atoms with Gasteiger partial charge in [-0.2, -0.15) is 5.10 Å². The summed E-state index contributed by atoms with van der Waals surface area (Å²) in [4.78, 5) is 38.8. The van der Waals surface area contributed by atoms with Crippen LogP contribution < -0.4 is 16.4 Å². The van der Waals surface area contributed by atoms with Crippen molar-refractivity contribution in [3.05, 3.63) is 40.3 Å². The number of benzene rings is 1. The van der Waals surface area contributed by atoms with Crippen molar-refractivity contribution in [1.82, 2.24) is 20.6 Å². The third kappa shape index (κ3) is 3.97. The SMILES string of the molecule is CC(C)n1nc(C(=O)NNC(=O)C2CC3CCCC(C2)C32SCCS2)c2ccccc2c1=O. The Bertz CT molecular complexity index is 1130. The van der Waals surface area contributed by atoms with Gasteiger partial charge in [-0.25, -0.2) is 4.68 Å². The van der Waals surface area contributed by atoms with E-state index in [1.54, 1.807) is 24.3 Å². The van der Waals surface area contributed by atoms with Crippen LogP contribution in [0.15, 0.2) is 29.1 Å². The molecule has 1 aromatic carbocycles. The van der Waals surface area contributed by atoms with Gasteiger partial charge in [-0.15, -0.1) is 23.5 Å². The van der Waals surface area contributed by atoms with Gasteiger partial charge in [0.15, 0.2) is 5.69 Å². The third-order valence-electron chi connectivity index (χ3n) is 7.32. The third-order valence-corrected chi connectivity index (χ3v) is 11.3. The predicted molar refractivity (Wildman–Crippen MR) is 133 cm³/mol. The molecule has 2 atom stereocenters. The van der Waals surface area contributed by atoms with E-state index in [0.29, 0.717) is 26.7 Å². The summed E-state index contributed by atoms with van der Waals surface area (Å²) in [6.07, 6.45) is 5.42. The summed E-state index contributed by atoms with van der Waals surface area (Å²) in [6, 6.07) is 6.76. The van der Waals surface area contributed by atoms with Crippen LogP contribution in [0.4, 0.5) is 0 Å². The summed E-state index contributed by atoms with van der Waals surface area (Å²) in [5.41, 5.74) is 5.15. The minimum absolute atomic E-state index is 0.0812. The summed E-state index contributed by atoms with van der Waals surface area (Å²) in [5.74, 6) is 2.84. The number of nitrogens with zero attached hydrogens (tertiary/aromatic N) is 2. The lowest BCUT2D eigenvalue weighted by molar-refractivity contribution is -0.128. The number of hydrogen-bond donors (Lipinski definition) is 2. The van der Waals surface area contributed by atoms with Gasteiger partial charge in [-0.05, 0) is 57.4 Å². The Balaban J connectivity index is 1.31. The second-order valence-corrected chi connectivity index (χ2v) is 12.6. The van der Waals surface area contributed by atoms with Crippen LogP contribution in [0.5, 0.6) is 0 Å². The summed E-state index contributed by atoms with van der Waals surface area (Å²) in [6.45, 7) is 3.69. The van der Waals surface area contributed by atoms with Crippen molar-refractivity contribution < 1.29 is 9.59 Å². The molecule has 2 N–H and O–H groups in total. The topological polar surface area (TPSA) is 93.1 Å². The van der Waals surface area contributed by atoms with Crippen LogP contribution in [-0.4, -0.2) is 37.2 Å². The molecule has 2 unspecified atom stereocenters. The molecule has 2 saturated carbocycles. The number of rotatable bonds is 3. The second kappa shape index (κ2) is 8.98. The van der Waals surface area contributed by atoms with E-state index in [9.17, 15) is 14.4 Å². The summed E-state index contributed by atoms with van der Waals surface area (Å²) < 4.78 is 1.63. The number of hydrazine groups is 1. The zero-order chi connectivity index (χ0) is 23.2. The maximum Gasteiger partial charge on any atom is 0.290 e. The lowest BCUT2D eigenvalue weighted by Gasteiger charge is -2.51. The molecule has 1 spiro atoms. The molecule has 0 radical (unpaired) electrons. The van der Waals surface area contributed by atoms with E-state index < -0.39 is 5.91 Å². The molecule has 1 aliphatic heterocycles. The van der Waals surface area contributed by atoms with Gasteiger partial charge >= 0.3 is 0 Å². The minimum atomic E-state index is -0.511. The average Bonchev–Trinajstić information content (AvgIpc) is 3.26. The molecule has 2 amide bonds. The maximum atomic E-state index is 13.0. The predicted octanol–water partition coefficient (Wildman–Crippen LogP) is 3.74. The van der Waals surface area contributed by atoms with E-state index in [-0.39, 0.29) is 29.1 Å². The molecule has 33 heavy (non-hydrogen) atoms. The number of carbonyl (C=O) groups excluding carboxylic acids is 2. The van der Waals surface area contributed by atoms with Crippen LogP contribution in [0.3, 0.4) is 0 Å². The smallest absolute Gasteiger partial charge is 0.273 e. The van der Waals surface area contributed by atoms with E-state index in [4.69, 9.17) is 0 Å². The number of hydrogen-bond acceptors (Lipinski definition) is 6. The fourth-order valence-corrected chi connectivity index (χ4v) is 9.76. The average molecular weight is 487 g/mol. The quantitative estimate of drug-likeness (QED) is 0.642. The Kier molecular flexibility index (Phi) is 6.20. The van der Waals surface area contributed by atoms with Crippen molar-refractivity contribution in [3.63, 3.8) is 0 Å². The fourth-order valence-electron chi connectivity index (χ4n) is 5.83. The van der Waals surface area contributed by atoms with Crippen LogP contribution in [0.25, 0.3) is 10.8 Å². The minimum Gasteiger partial charge on any atom is -0.273 e. The Labute approximate surface area is 201 Å². The molecule has 1 saturated heterocycles. The highest BCUT2D eigenvalue weighted by atomic mass is 32.2. The van der Waals surface area contributed by atoms with Gasteiger partial charge in [-0.3, -0.25) is 25.2 Å². The van der Waals surface area contributed by atoms with Crippen LogP contribution in [-0.2, 0) is 4.79 Å². The lowest BCUT2D eigenvalue weighted by atomic mass is 9.67. The molecule has 1 aromatic heterocycles. The number of amides is 2. The molecule has 3 aliphatic rings. The van der Waals surface area contributed by atoms with Gasteiger partial charge in [0, 0.05) is 22.8 Å². The lowest BCUT2D eigenvalue weighted by Crippen LogP contribution is -2.52. The molecule has 9 heteroatoms. The van der Waals surface area contributed by atoms with Gasteiger partial charge in [0.05, 0.1) is 15.5 Å². The van der Waals surface area contributed by atoms with E-state index in [1.165, 1.54) is 35.4 Å². The summed E-state index contributed by atoms with van der Waals surface area (Å²) in [7, 11) is 0. The van der Waals surface area contributed by atoms with E-state index >= 15 is 0 Å². The molecule has 2 aromatic rings. The molecule has 176 valence electrons. The first-order valence-corrected chi connectivity index (χ1v) is 13.8. The van der Waals surface area contributed by atoms with Gasteiger partial charge < -0.3 is 0 Å². The van der Waals surface area contributed by atoms with Gasteiger partial charge in [0.25, 0.3) is 11.5 Å². The summed E-state index contributed by atoms with van der Waals surface area (Å²) in [5, 5.41) is 5.24. The molecular weight excluding hydrogens is 456 g/mol. The van der Waals surface area contributed by atoms with Crippen LogP contribution in [0.2, 0.25) is 0 Å². The second-order valence-electron chi connectivity index (χ2n) is 9.59. The highest BCUT2D eigenvalue weighted by molar-refractivity contribution is 8.21. The van der Waals surface area contributed by atoms with Gasteiger partial charge in [-0.1, -0.05) is 24.6 Å². The molecular formula is C24H30N4O3S2. The molecule has 2 bridgehead atoms. The first-order valence-electron chi connectivity index (χ1n) is 11.8. The van der Waals surface area contributed by atoms with Crippen molar-refractivity contribution in [2.75, 3.05) is 11.5 Å². The Hall–Kier alpha value is -2.00. The number of aromatic nitrogens is 2. The first-order chi connectivity index (χ1) is 15.9. The molecule has 2 heterocycles. The Morgan fingerprint density at radius 1 is 1.06 bits per heavy atom. The van der Waals surface area contributed by atoms with Crippen molar-refractivity contribution >= 4 is 46.1 Å². The van der Waals surface area contributed by atoms with Gasteiger partial charge in [0.1, 0.15) is 0 Å². The standard InChI is InChI=1S/C24H30N4O3S2/c1-14(2)28-23(31)19-9-4-3-8-18(19)20(27-28)22(30)26-25-21(29)15-12-16-6-5-7-17(13-15)24(16)32-10-11-33-24/h3-4,8-9,14-17H,5-7,10-13H2,1-2H3,(H,25,29)(H,26,30). The Morgan fingerprint density at radius 3 is 2.33 bits per heavy atom. The molecule has 2 aliphatic carbocycles. The summed E-state index contributed by atoms with van der Waals surface area (Å²) >= 11 is 4.24. The maximum absolute atomic E-state index is 13.0. The number of carbonyl (C=O) groups is 2. The van der Waals surface area contributed by atoms with Gasteiger partial charge in [0.2, 0.25) is 5.91 Å². The monoisotopic (exact) mass is 486 g/mol. The number of thioether (sulfide) groups is 2. The van der Waals surface area contributed by atoms with E-state index in [1.807, 2.05) is 13.8 Å². The Morgan fingerprint density at radius 2 is 1.70 bits per heavy atom. The van der Waals surface area contributed by atoms with Crippen molar-refractivity contribution in [1.29, 1.82) is 0 Å². The van der Waals surface area contributed by atoms with E-state index in [0.717, 1.165) is 12.8 Å². The van der Waals surface area contributed by atoms with Crippen molar-refractivity contribution in [3.8, 4) is 0 Å². The highest BCUT2D eigenvalue weighted by Crippen LogP contribution is 2.64. The number of fused-ring (bicyclic) bond motifs is 1. The fraction of sp³-hybridized carbons (Fsp3) is 0.583.